The number of hydrogen-bond donors (Lipinski definition) is 1. The lowest BCUT2D eigenvalue weighted by atomic mass is 10.3. The van der Waals surface area contributed by atoms with Crippen LogP contribution < -0.4 is 5.73 Å². The number of rotatable bonds is 2. The summed E-state index contributed by atoms with van der Waals surface area (Å²) in [7, 11) is 0. The van der Waals surface area contributed by atoms with Gasteiger partial charge in [-0.15, -0.1) is 0 Å². The molecule has 2 rings (SSSR count). The van der Waals surface area contributed by atoms with Crippen LogP contribution in [0.1, 0.15) is 19.3 Å². The minimum Gasteiger partial charge on any atom is -0.327 e. The molecule has 1 saturated carbocycles. The minimum atomic E-state index is 0.340. The Balaban J connectivity index is 1.98. The van der Waals surface area contributed by atoms with Gasteiger partial charge < -0.3 is 5.73 Å². The number of nitrogens with two attached hydrogens (primary N) is 1. The largest absolute Gasteiger partial charge is 0.327 e. The fourth-order valence-corrected chi connectivity index (χ4v) is 2.75. The maximum absolute atomic E-state index is 5.96. The highest BCUT2D eigenvalue weighted by Gasteiger charge is 2.24. The summed E-state index contributed by atoms with van der Waals surface area (Å²) >= 11 is 1.76. The Morgan fingerprint density at radius 2 is 2.31 bits per heavy atom. The van der Waals surface area contributed by atoms with Crippen LogP contribution in [0.25, 0.3) is 0 Å². The second-order valence-corrected chi connectivity index (χ2v) is 4.55. The lowest BCUT2D eigenvalue weighted by Gasteiger charge is -2.13. The monoisotopic (exact) mass is 195 g/mol. The van der Waals surface area contributed by atoms with E-state index in [9.17, 15) is 0 Å². The summed E-state index contributed by atoms with van der Waals surface area (Å²) in [5.74, 6) is 0. The van der Waals surface area contributed by atoms with Crippen molar-refractivity contribution in [1.29, 1.82) is 0 Å². The molecule has 3 nitrogen and oxygen atoms in total. The summed E-state index contributed by atoms with van der Waals surface area (Å²) in [5, 5.41) is 1.53. The number of thioether (sulfide) groups is 1. The van der Waals surface area contributed by atoms with Crippen LogP contribution in [0.2, 0.25) is 0 Å². The van der Waals surface area contributed by atoms with Gasteiger partial charge in [-0.1, -0.05) is 18.2 Å². The van der Waals surface area contributed by atoms with E-state index in [0.717, 1.165) is 11.4 Å². The molecule has 1 aromatic rings. The quantitative estimate of drug-likeness (QED) is 0.776. The van der Waals surface area contributed by atoms with Crippen molar-refractivity contribution in [3.05, 3.63) is 18.6 Å². The van der Waals surface area contributed by atoms with Crippen LogP contribution in [-0.4, -0.2) is 21.3 Å². The fourth-order valence-electron chi connectivity index (χ4n) is 1.60. The van der Waals surface area contributed by atoms with E-state index in [1.807, 2.05) is 0 Å². The van der Waals surface area contributed by atoms with Crippen molar-refractivity contribution in [2.45, 2.75) is 35.6 Å². The van der Waals surface area contributed by atoms with Gasteiger partial charge >= 0.3 is 0 Å². The highest BCUT2D eigenvalue weighted by Crippen LogP contribution is 2.32. The molecule has 0 spiro atoms. The third-order valence-electron chi connectivity index (χ3n) is 2.32. The minimum absolute atomic E-state index is 0.340. The van der Waals surface area contributed by atoms with Crippen LogP contribution >= 0.6 is 11.8 Å². The topological polar surface area (TPSA) is 51.8 Å². The molecule has 70 valence electrons. The van der Waals surface area contributed by atoms with Gasteiger partial charge in [-0.2, -0.15) is 0 Å². The Morgan fingerprint density at radius 3 is 2.92 bits per heavy atom. The molecule has 13 heavy (non-hydrogen) atoms. The molecular formula is C9H13N3S. The van der Waals surface area contributed by atoms with Crippen molar-refractivity contribution in [3.63, 3.8) is 0 Å². The summed E-state index contributed by atoms with van der Waals surface area (Å²) in [6.45, 7) is 0. The zero-order valence-electron chi connectivity index (χ0n) is 7.39. The molecule has 0 radical (unpaired) electrons. The Bertz CT molecular complexity index is 265. The molecule has 1 aliphatic carbocycles. The predicted octanol–water partition coefficient (Wildman–Crippen LogP) is 1.45. The summed E-state index contributed by atoms with van der Waals surface area (Å²) < 4.78 is 0. The maximum Gasteiger partial charge on any atom is 0.115 e. The van der Waals surface area contributed by atoms with Crippen LogP contribution in [0.4, 0.5) is 0 Å². The third-order valence-corrected chi connectivity index (χ3v) is 3.66. The van der Waals surface area contributed by atoms with Crippen LogP contribution in [0.3, 0.4) is 0 Å². The van der Waals surface area contributed by atoms with Crippen LogP contribution in [0.5, 0.6) is 0 Å². The molecule has 1 aromatic heterocycles. The van der Waals surface area contributed by atoms with Gasteiger partial charge in [-0.3, -0.25) is 4.98 Å². The molecule has 2 atom stereocenters. The van der Waals surface area contributed by atoms with Crippen molar-refractivity contribution in [2.24, 2.45) is 5.73 Å². The van der Waals surface area contributed by atoms with Gasteiger partial charge in [-0.25, -0.2) is 4.98 Å². The molecule has 0 aromatic carbocycles. The molecule has 0 aliphatic heterocycles. The molecule has 0 bridgehead atoms. The molecular weight excluding hydrogens is 182 g/mol. The van der Waals surface area contributed by atoms with Crippen LogP contribution in [-0.2, 0) is 0 Å². The van der Waals surface area contributed by atoms with E-state index in [1.54, 1.807) is 30.4 Å². The second-order valence-electron chi connectivity index (χ2n) is 3.29. The lowest BCUT2D eigenvalue weighted by molar-refractivity contribution is 0.715. The number of aromatic nitrogens is 2. The SMILES string of the molecule is NC1CCCC1Sc1cnccn1. The zero-order chi connectivity index (χ0) is 9.10. The summed E-state index contributed by atoms with van der Waals surface area (Å²) in [6, 6.07) is 0.340. The number of hydrogen-bond acceptors (Lipinski definition) is 4. The third kappa shape index (κ3) is 2.19. The Hall–Kier alpha value is -0.610. The van der Waals surface area contributed by atoms with E-state index in [2.05, 4.69) is 9.97 Å². The van der Waals surface area contributed by atoms with Crippen LogP contribution in [0.15, 0.2) is 23.6 Å². The van der Waals surface area contributed by atoms with Gasteiger partial charge in [-0.05, 0) is 12.8 Å². The van der Waals surface area contributed by atoms with Gasteiger partial charge in [0.05, 0.1) is 6.20 Å². The van der Waals surface area contributed by atoms with Gasteiger partial charge in [0.15, 0.2) is 0 Å². The molecule has 4 heteroatoms. The van der Waals surface area contributed by atoms with Gasteiger partial charge in [0.2, 0.25) is 0 Å². The summed E-state index contributed by atoms with van der Waals surface area (Å²) in [4.78, 5) is 8.25. The first kappa shape index (κ1) is 8.97. The lowest BCUT2D eigenvalue weighted by Crippen LogP contribution is -2.26. The first-order valence-corrected chi connectivity index (χ1v) is 5.42. The van der Waals surface area contributed by atoms with Crippen molar-refractivity contribution >= 4 is 11.8 Å². The van der Waals surface area contributed by atoms with Crippen LogP contribution in [0, 0.1) is 0 Å². The Labute approximate surface area is 82.2 Å². The highest BCUT2D eigenvalue weighted by atomic mass is 32.2. The molecule has 2 N–H and O–H groups in total. The average Bonchev–Trinajstić information content (AvgIpc) is 2.54. The van der Waals surface area contributed by atoms with Crippen molar-refractivity contribution in [1.82, 2.24) is 9.97 Å². The van der Waals surface area contributed by atoms with Gasteiger partial charge in [0, 0.05) is 23.7 Å². The van der Waals surface area contributed by atoms with Crippen molar-refractivity contribution < 1.29 is 0 Å². The second kappa shape index (κ2) is 4.07. The molecule has 1 heterocycles. The predicted molar refractivity (Wildman–Crippen MR) is 53.5 cm³/mol. The first-order chi connectivity index (χ1) is 6.36. The number of nitrogens with zero attached hydrogens (tertiary/aromatic N) is 2. The Morgan fingerprint density at radius 1 is 1.38 bits per heavy atom. The first-order valence-electron chi connectivity index (χ1n) is 4.54. The highest BCUT2D eigenvalue weighted by molar-refractivity contribution is 7.99. The maximum atomic E-state index is 5.96. The van der Waals surface area contributed by atoms with Crippen molar-refractivity contribution in [3.8, 4) is 0 Å². The Kier molecular flexibility index (Phi) is 2.80. The van der Waals surface area contributed by atoms with E-state index >= 15 is 0 Å². The molecule has 1 fully saturated rings. The van der Waals surface area contributed by atoms with Gasteiger partial charge in [0.1, 0.15) is 5.03 Å². The zero-order valence-corrected chi connectivity index (χ0v) is 8.20. The van der Waals surface area contributed by atoms with Crippen molar-refractivity contribution in [2.75, 3.05) is 0 Å². The molecule has 1 aliphatic rings. The van der Waals surface area contributed by atoms with E-state index in [-0.39, 0.29) is 0 Å². The van der Waals surface area contributed by atoms with Gasteiger partial charge in [0.25, 0.3) is 0 Å². The van der Waals surface area contributed by atoms with E-state index in [4.69, 9.17) is 5.73 Å². The summed E-state index contributed by atoms with van der Waals surface area (Å²) in [6.07, 6.45) is 8.83. The normalized spacial score (nSPS) is 27.8. The molecule has 0 saturated heterocycles. The average molecular weight is 195 g/mol. The van der Waals surface area contributed by atoms with E-state index in [1.165, 1.54) is 12.8 Å². The van der Waals surface area contributed by atoms with E-state index < -0.39 is 0 Å². The molecule has 2 unspecified atom stereocenters. The summed E-state index contributed by atoms with van der Waals surface area (Å²) in [5.41, 5.74) is 5.96. The standard InChI is InChI=1S/C9H13N3S/c10-7-2-1-3-8(7)13-9-6-11-4-5-12-9/h4-8H,1-3,10H2. The smallest absolute Gasteiger partial charge is 0.115 e. The van der Waals surface area contributed by atoms with E-state index in [0.29, 0.717) is 11.3 Å². The fraction of sp³-hybridized carbons (Fsp3) is 0.556. The molecule has 0 amide bonds.